The Morgan fingerprint density at radius 2 is 2.00 bits per heavy atom. The van der Waals surface area contributed by atoms with E-state index in [4.69, 9.17) is 0 Å². The summed E-state index contributed by atoms with van der Waals surface area (Å²) in [7, 11) is 1.61. The highest BCUT2D eigenvalue weighted by Crippen LogP contribution is 2.24. The molecule has 0 unspecified atom stereocenters. The normalized spacial score (nSPS) is 10.1. The van der Waals surface area contributed by atoms with Crippen LogP contribution in [-0.2, 0) is 5.75 Å². The molecular weight excluding hydrogens is 244 g/mol. The van der Waals surface area contributed by atoms with Crippen molar-refractivity contribution in [1.29, 1.82) is 0 Å². The summed E-state index contributed by atoms with van der Waals surface area (Å²) in [4.78, 5) is 16.7. The Balaban J connectivity index is 2.12. The van der Waals surface area contributed by atoms with E-state index in [1.54, 1.807) is 25.0 Å². The van der Waals surface area contributed by atoms with Crippen molar-refractivity contribution in [2.24, 2.45) is 0 Å². The molecule has 1 aromatic carbocycles. The van der Waals surface area contributed by atoms with Gasteiger partial charge in [-0.05, 0) is 17.7 Å². The van der Waals surface area contributed by atoms with Gasteiger partial charge in [0.25, 0.3) is 5.91 Å². The van der Waals surface area contributed by atoms with E-state index in [9.17, 15) is 4.79 Å². The molecule has 18 heavy (non-hydrogen) atoms. The van der Waals surface area contributed by atoms with Gasteiger partial charge in [-0.3, -0.25) is 4.79 Å². The smallest absolute Gasteiger partial charge is 0.270 e. The van der Waals surface area contributed by atoms with Gasteiger partial charge in [0.1, 0.15) is 5.69 Å². The molecule has 0 aliphatic rings. The summed E-state index contributed by atoms with van der Waals surface area (Å²) in [5.74, 6) is 0.683. The number of amides is 1. The molecule has 0 bridgehead atoms. The van der Waals surface area contributed by atoms with E-state index in [-0.39, 0.29) is 5.91 Å². The van der Waals surface area contributed by atoms with Crippen molar-refractivity contribution in [3.8, 4) is 0 Å². The second kappa shape index (κ2) is 6.21. The lowest BCUT2D eigenvalue weighted by molar-refractivity contribution is 0.0955. The molecule has 4 heteroatoms. The van der Waals surface area contributed by atoms with Gasteiger partial charge >= 0.3 is 0 Å². The SMILES string of the molecule is CNC(=O)c1ncccc1SCc1ccccc1. The Bertz CT molecular complexity index is 528. The topological polar surface area (TPSA) is 42.0 Å². The fourth-order valence-electron chi connectivity index (χ4n) is 1.53. The van der Waals surface area contributed by atoms with Crippen LogP contribution in [0.15, 0.2) is 53.6 Å². The third-order valence-corrected chi connectivity index (χ3v) is 3.57. The van der Waals surface area contributed by atoms with Gasteiger partial charge in [0.05, 0.1) is 0 Å². The fraction of sp³-hybridized carbons (Fsp3) is 0.143. The van der Waals surface area contributed by atoms with Gasteiger partial charge in [-0.25, -0.2) is 4.98 Å². The summed E-state index contributed by atoms with van der Waals surface area (Å²) in [6.07, 6.45) is 1.64. The standard InChI is InChI=1S/C14H14N2OS/c1-15-14(17)13-12(8-5-9-16-13)18-10-11-6-3-2-4-7-11/h2-9H,10H2,1H3,(H,15,17). The lowest BCUT2D eigenvalue weighted by Crippen LogP contribution is -2.19. The highest BCUT2D eigenvalue weighted by atomic mass is 32.2. The van der Waals surface area contributed by atoms with E-state index >= 15 is 0 Å². The molecule has 3 nitrogen and oxygen atoms in total. The van der Waals surface area contributed by atoms with E-state index in [2.05, 4.69) is 22.4 Å². The van der Waals surface area contributed by atoms with Crippen LogP contribution in [0.2, 0.25) is 0 Å². The Hall–Kier alpha value is -1.81. The number of carbonyl (C=O) groups is 1. The Labute approximate surface area is 111 Å². The van der Waals surface area contributed by atoms with Crippen LogP contribution in [0.5, 0.6) is 0 Å². The van der Waals surface area contributed by atoms with E-state index in [1.165, 1.54) is 5.56 Å². The fourth-order valence-corrected chi connectivity index (χ4v) is 2.50. The zero-order chi connectivity index (χ0) is 12.8. The molecule has 0 saturated heterocycles. The summed E-state index contributed by atoms with van der Waals surface area (Å²) in [6, 6.07) is 13.9. The van der Waals surface area contributed by atoms with Crippen LogP contribution in [0.4, 0.5) is 0 Å². The van der Waals surface area contributed by atoms with Crippen LogP contribution in [0.3, 0.4) is 0 Å². The van der Waals surface area contributed by atoms with Gasteiger partial charge in [-0.1, -0.05) is 30.3 Å². The number of pyridine rings is 1. The van der Waals surface area contributed by atoms with E-state index < -0.39 is 0 Å². The summed E-state index contributed by atoms with van der Waals surface area (Å²) >= 11 is 1.62. The van der Waals surface area contributed by atoms with E-state index in [0.717, 1.165) is 10.6 Å². The molecule has 0 fully saturated rings. The molecule has 1 heterocycles. The molecule has 0 radical (unpaired) electrons. The molecule has 2 rings (SSSR count). The minimum atomic E-state index is -0.147. The second-order valence-corrected chi connectivity index (χ2v) is 4.72. The quantitative estimate of drug-likeness (QED) is 0.857. The Morgan fingerprint density at radius 3 is 2.72 bits per heavy atom. The van der Waals surface area contributed by atoms with Crippen LogP contribution in [0.1, 0.15) is 16.1 Å². The first-order valence-electron chi connectivity index (χ1n) is 5.65. The number of aromatic nitrogens is 1. The van der Waals surface area contributed by atoms with Crippen LogP contribution in [0.25, 0.3) is 0 Å². The van der Waals surface area contributed by atoms with E-state index in [1.807, 2.05) is 30.3 Å². The number of nitrogens with zero attached hydrogens (tertiary/aromatic N) is 1. The van der Waals surface area contributed by atoms with Gasteiger partial charge in [-0.15, -0.1) is 11.8 Å². The molecule has 1 amide bonds. The first-order chi connectivity index (χ1) is 8.81. The van der Waals surface area contributed by atoms with Crippen molar-refractivity contribution >= 4 is 17.7 Å². The number of benzene rings is 1. The number of nitrogens with one attached hydrogen (secondary N) is 1. The van der Waals surface area contributed by atoms with E-state index in [0.29, 0.717) is 5.69 Å². The van der Waals surface area contributed by atoms with Gasteiger partial charge < -0.3 is 5.32 Å². The van der Waals surface area contributed by atoms with Crippen LogP contribution >= 0.6 is 11.8 Å². The summed E-state index contributed by atoms with van der Waals surface area (Å²) in [5.41, 5.74) is 1.72. The molecule has 92 valence electrons. The third kappa shape index (κ3) is 3.11. The average molecular weight is 258 g/mol. The molecule has 0 aliphatic heterocycles. The maximum absolute atomic E-state index is 11.7. The Morgan fingerprint density at radius 1 is 1.22 bits per heavy atom. The van der Waals surface area contributed by atoms with Crippen LogP contribution in [-0.4, -0.2) is 17.9 Å². The number of carbonyl (C=O) groups excluding carboxylic acids is 1. The number of rotatable bonds is 4. The molecule has 2 aromatic rings. The maximum atomic E-state index is 11.7. The monoisotopic (exact) mass is 258 g/mol. The van der Waals surface area contributed by atoms with Gasteiger partial charge in [-0.2, -0.15) is 0 Å². The van der Waals surface area contributed by atoms with Gasteiger partial charge in [0.2, 0.25) is 0 Å². The zero-order valence-electron chi connectivity index (χ0n) is 10.1. The Kier molecular flexibility index (Phi) is 4.36. The lowest BCUT2D eigenvalue weighted by Gasteiger charge is -2.06. The van der Waals surface area contributed by atoms with Crippen molar-refractivity contribution in [2.75, 3.05) is 7.05 Å². The summed E-state index contributed by atoms with van der Waals surface area (Å²) < 4.78 is 0. The first-order valence-corrected chi connectivity index (χ1v) is 6.63. The minimum Gasteiger partial charge on any atom is -0.354 e. The van der Waals surface area contributed by atoms with Crippen molar-refractivity contribution in [1.82, 2.24) is 10.3 Å². The zero-order valence-corrected chi connectivity index (χ0v) is 10.9. The molecule has 0 spiro atoms. The predicted octanol–water partition coefficient (Wildman–Crippen LogP) is 2.73. The number of thioether (sulfide) groups is 1. The highest BCUT2D eigenvalue weighted by Gasteiger charge is 2.11. The largest absolute Gasteiger partial charge is 0.354 e. The highest BCUT2D eigenvalue weighted by molar-refractivity contribution is 7.98. The summed E-state index contributed by atoms with van der Waals surface area (Å²) in [6.45, 7) is 0. The third-order valence-electron chi connectivity index (χ3n) is 2.45. The molecule has 0 atom stereocenters. The van der Waals surface area contributed by atoms with Crippen molar-refractivity contribution in [2.45, 2.75) is 10.6 Å². The number of hydrogen-bond donors (Lipinski definition) is 1. The molecule has 1 aromatic heterocycles. The minimum absolute atomic E-state index is 0.147. The predicted molar refractivity (Wildman–Crippen MR) is 73.6 cm³/mol. The molecular formula is C14H14N2OS. The molecule has 1 N–H and O–H groups in total. The van der Waals surface area contributed by atoms with Gasteiger partial charge in [0.15, 0.2) is 0 Å². The van der Waals surface area contributed by atoms with Crippen molar-refractivity contribution < 1.29 is 4.79 Å². The van der Waals surface area contributed by atoms with Crippen molar-refractivity contribution in [3.63, 3.8) is 0 Å². The second-order valence-electron chi connectivity index (χ2n) is 3.70. The lowest BCUT2D eigenvalue weighted by atomic mass is 10.2. The molecule has 0 saturated carbocycles. The maximum Gasteiger partial charge on any atom is 0.270 e. The van der Waals surface area contributed by atoms with Crippen LogP contribution < -0.4 is 5.32 Å². The first kappa shape index (κ1) is 12.6. The van der Waals surface area contributed by atoms with Crippen molar-refractivity contribution in [3.05, 3.63) is 59.9 Å². The van der Waals surface area contributed by atoms with Crippen LogP contribution in [0, 0.1) is 0 Å². The summed E-state index contributed by atoms with van der Waals surface area (Å²) in [5, 5.41) is 2.61. The average Bonchev–Trinajstić information content (AvgIpc) is 2.45. The number of hydrogen-bond acceptors (Lipinski definition) is 3. The van der Waals surface area contributed by atoms with Gasteiger partial charge in [0, 0.05) is 23.9 Å². The molecule has 0 aliphatic carbocycles.